The standard InChI is InChI=1S/C17H18ClN3O2/c1-11(12-2-4-14(18)5-3-12)20-17(22)21-15-8-13-10-23-7-6-16(13)19-9-15/h2-5,8-9,11H,6-7,10H2,1H3,(H2,20,21,22)/t11-/m1/s1. The van der Waals surface area contributed by atoms with E-state index in [0.717, 1.165) is 23.2 Å². The smallest absolute Gasteiger partial charge is 0.319 e. The van der Waals surface area contributed by atoms with Gasteiger partial charge in [-0.15, -0.1) is 0 Å². The molecule has 0 radical (unpaired) electrons. The second kappa shape index (κ2) is 6.98. The Kier molecular flexibility index (Phi) is 4.79. The first-order valence-electron chi connectivity index (χ1n) is 7.50. The molecule has 2 N–H and O–H groups in total. The molecule has 0 saturated carbocycles. The monoisotopic (exact) mass is 331 g/mol. The fourth-order valence-electron chi connectivity index (χ4n) is 2.51. The van der Waals surface area contributed by atoms with Crippen molar-refractivity contribution in [3.05, 3.63) is 58.4 Å². The number of pyridine rings is 1. The summed E-state index contributed by atoms with van der Waals surface area (Å²) in [7, 11) is 0. The van der Waals surface area contributed by atoms with Gasteiger partial charge in [-0.2, -0.15) is 0 Å². The number of benzene rings is 1. The van der Waals surface area contributed by atoms with Gasteiger partial charge in [-0.1, -0.05) is 23.7 Å². The van der Waals surface area contributed by atoms with Crippen molar-refractivity contribution in [3.63, 3.8) is 0 Å². The molecule has 1 aliphatic rings. The minimum atomic E-state index is -0.272. The summed E-state index contributed by atoms with van der Waals surface area (Å²) in [5.41, 5.74) is 3.72. The molecule has 23 heavy (non-hydrogen) atoms. The van der Waals surface area contributed by atoms with Gasteiger partial charge in [0.1, 0.15) is 0 Å². The Morgan fingerprint density at radius 3 is 2.91 bits per heavy atom. The second-order valence-electron chi connectivity index (χ2n) is 5.50. The van der Waals surface area contributed by atoms with Crippen LogP contribution in [-0.2, 0) is 17.8 Å². The number of anilines is 1. The minimum absolute atomic E-state index is 0.124. The predicted octanol–water partition coefficient (Wildman–Crippen LogP) is 3.69. The Bertz CT molecular complexity index is 703. The van der Waals surface area contributed by atoms with E-state index in [2.05, 4.69) is 15.6 Å². The lowest BCUT2D eigenvalue weighted by Gasteiger charge is -2.18. The highest BCUT2D eigenvalue weighted by molar-refractivity contribution is 6.30. The fraction of sp³-hybridized carbons (Fsp3) is 0.294. The zero-order valence-corrected chi connectivity index (χ0v) is 13.6. The first-order valence-corrected chi connectivity index (χ1v) is 7.88. The zero-order chi connectivity index (χ0) is 16.2. The molecule has 120 valence electrons. The van der Waals surface area contributed by atoms with Crippen LogP contribution in [0.4, 0.5) is 10.5 Å². The predicted molar refractivity (Wildman–Crippen MR) is 89.6 cm³/mol. The fourth-order valence-corrected chi connectivity index (χ4v) is 2.63. The number of nitrogens with one attached hydrogen (secondary N) is 2. The summed E-state index contributed by atoms with van der Waals surface area (Å²) in [5, 5.41) is 6.38. The van der Waals surface area contributed by atoms with Crippen molar-refractivity contribution in [3.8, 4) is 0 Å². The van der Waals surface area contributed by atoms with Crippen LogP contribution in [0, 0.1) is 0 Å². The van der Waals surface area contributed by atoms with Gasteiger partial charge < -0.3 is 15.4 Å². The van der Waals surface area contributed by atoms with Crippen molar-refractivity contribution in [2.45, 2.75) is 26.0 Å². The van der Waals surface area contributed by atoms with Gasteiger partial charge in [-0.25, -0.2) is 4.79 Å². The number of amides is 2. The molecule has 2 heterocycles. The topological polar surface area (TPSA) is 63.2 Å². The quantitative estimate of drug-likeness (QED) is 0.901. The van der Waals surface area contributed by atoms with E-state index in [0.29, 0.717) is 23.9 Å². The molecule has 1 aromatic carbocycles. The number of rotatable bonds is 3. The van der Waals surface area contributed by atoms with Crippen molar-refractivity contribution >= 4 is 23.3 Å². The van der Waals surface area contributed by atoms with Gasteiger partial charge in [-0.3, -0.25) is 4.98 Å². The number of carbonyl (C=O) groups is 1. The minimum Gasteiger partial charge on any atom is -0.376 e. The van der Waals surface area contributed by atoms with Crippen molar-refractivity contribution < 1.29 is 9.53 Å². The van der Waals surface area contributed by atoms with Gasteiger partial charge in [-0.05, 0) is 30.7 Å². The van der Waals surface area contributed by atoms with Gasteiger partial charge in [0.25, 0.3) is 0 Å². The first kappa shape index (κ1) is 15.8. The number of fused-ring (bicyclic) bond motifs is 1. The number of aromatic nitrogens is 1. The number of hydrogen-bond acceptors (Lipinski definition) is 3. The van der Waals surface area contributed by atoms with Crippen LogP contribution in [-0.4, -0.2) is 17.6 Å². The molecular weight excluding hydrogens is 314 g/mol. The van der Waals surface area contributed by atoms with Gasteiger partial charge in [0.05, 0.1) is 31.1 Å². The molecule has 0 unspecified atom stereocenters. The highest BCUT2D eigenvalue weighted by Gasteiger charge is 2.13. The Morgan fingerprint density at radius 1 is 1.35 bits per heavy atom. The van der Waals surface area contributed by atoms with E-state index in [-0.39, 0.29) is 12.1 Å². The number of halogens is 1. The Balaban J connectivity index is 1.61. The molecule has 1 atom stereocenters. The normalized spacial score (nSPS) is 14.7. The van der Waals surface area contributed by atoms with E-state index < -0.39 is 0 Å². The van der Waals surface area contributed by atoms with Crippen LogP contribution >= 0.6 is 11.6 Å². The summed E-state index contributed by atoms with van der Waals surface area (Å²) in [6.45, 7) is 3.16. The molecular formula is C17H18ClN3O2. The third-order valence-electron chi connectivity index (χ3n) is 3.78. The SMILES string of the molecule is C[C@@H](NC(=O)Nc1cnc2c(c1)COCC2)c1ccc(Cl)cc1. The maximum atomic E-state index is 12.1. The van der Waals surface area contributed by atoms with Crippen LogP contribution in [0.2, 0.25) is 5.02 Å². The van der Waals surface area contributed by atoms with E-state index >= 15 is 0 Å². The molecule has 1 aromatic heterocycles. The van der Waals surface area contributed by atoms with Gasteiger partial charge in [0.2, 0.25) is 0 Å². The lowest BCUT2D eigenvalue weighted by atomic mass is 10.1. The van der Waals surface area contributed by atoms with Gasteiger partial charge in [0, 0.05) is 22.7 Å². The zero-order valence-electron chi connectivity index (χ0n) is 12.8. The molecule has 2 aromatic rings. The number of carbonyl (C=O) groups excluding carboxylic acids is 1. The van der Waals surface area contributed by atoms with Crippen molar-refractivity contribution in [2.75, 3.05) is 11.9 Å². The number of urea groups is 1. The maximum Gasteiger partial charge on any atom is 0.319 e. The Labute approximate surface area is 140 Å². The van der Waals surface area contributed by atoms with E-state index in [9.17, 15) is 4.79 Å². The lowest BCUT2D eigenvalue weighted by Crippen LogP contribution is -2.31. The average molecular weight is 332 g/mol. The van der Waals surface area contributed by atoms with E-state index in [4.69, 9.17) is 16.3 Å². The van der Waals surface area contributed by atoms with Crippen LogP contribution in [0.5, 0.6) is 0 Å². The maximum absolute atomic E-state index is 12.1. The number of ether oxygens (including phenoxy) is 1. The van der Waals surface area contributed by atoms with Crippen LogP contribution in [0.3, 0.4) is 0 Å². The van der Waals surface area contributed by atoms with E-state index in [1.54, 1.807) is 18.3 Å². The molecule has 0 spiro atoms. The first-order chi connectivity index (χ1) is 11.1. The summed E-state index contributed by atoms with van der Waals surface area (Å²) in [6.07, 6.45) is 2.49. The Morgan fingerprint density at radius 2 is 2.13 bits per heavy atom. The van der Waals surface area contributed by atoms with Crippen molar-refractivity contribution in [1.29, 1.82) is 0 Å². The lowest BCUT2D eigenvalue weighted by molar-refractivity contribution is 0.109. The van der Waals surface area contributed by atoms with Gasteiger partial charge >= 0.3 is 6.03 Å². The molecule has 6 heteroatoms. The van der Waals surface area contributed by atoms with E-state index in [1.807, 2.05) is 25.1 Å². The molecule has 0 fully saturated rings. The largest absolute Gasteiger partial charge is 0.376 e. The molecule has 0 bridgehead atoms. The van der Waals surface area contributed by atoms with Crippen LogP contribution in [0.1, 0.15) is 29.8 Å². The van der Waals surface area contributed by atoms with Crippen molar-refractivity contribution in [2.24, 2.45) is 0 Å². The van der Waals surface area contributed by atoms with Crippen LogP contribution in [0.15, 0.2) is 36.5 Å². The summed E-state index contributed by atoms with van der Waals surface area (Å²) < 4.78 is 5.41. The number of hydrogen-bond donors (Lipinski definition) is 2. The third kappa shape index (κ3) is 4.00. The second-order valence-corrected chi connectivity index (χ2v) is 5.94. The summed E-state index contributed by atoms with van der Waals surface area (Å²) in [5.74, 6) is 0. The molecule has 0 saturated heterocycles. The van der Waals surface area contributed by atoms with Crippen molar-refractivity contribution in [1.82, 2.24) is 10.3 Å². The highest BCUT2D eigenvalue weighted by atomic mass is 35.5. The van der Waals surface area contributed by atoms with Gasteiger partial charge in [0.15, 0.2) is 0 Å². The molecule has 1 aliphatic heterocycles. The Hall–Kier alpha value is -2.11. The van der Waals surface area contributed by atoms with Crippen LogP contribution < -0.4 is 10.6 Å². The number of nitrogens with zero attached hydrogens (tertiary/aromatic N) is 1. The molecule has 0 aliphatic carbocycles. The summed E-state index contributed by atoms with van der Waals surface area (Å²) >= 11 is 5.87. The van der Waals surface area contributed by atoms with Crippen LogP contribution in [0.25, 0.3) is 0 Å². The average Bonchev–Trinajstić information content (AvgIpc) is 2.55. The molecule has 3 rings (SSSR count). The summed E-state index contributed by atoms with van der Waals surface area (Å²) in [4.78, 5) is 16.5. The highest BCUT2D eigenvalue weighted by Crippen LogP contribution is 2.19. The molecule has 5 nitrogen and oxygen atoms in total. The summed E-state index contributed by atoms with van der Waals surface area (Å²) in [6, 6.07) is 8.91. The molecule has 2 amide bonds. The third-order valence-corrected chi connectivity index (χ3v) is 4.03. The van der Waals surface area contributed by atoms with E-state index in [1.165, 1.54) is 0 Å².